The van der Waals surface area contributed by atoms with E-state index in [0.717, 1.165) is 30.0 Å². The Morgan fingerprint density at radius 2 is 1.84 bits per heavy atom. The summed E-state index contributed by atoms with van der Waals surface area (Å²) in [5.74, 6) is 1.57. The number of nitrogens with zero attached hydrogens (tertiary/aromatic N) is 1. The van der Waals surface area contributed by atoms with Gasteiger partial charge in [0.25, 0.3) is 0 Å². The highest BCUT2D eigenvalue weighted by Gasteiger charge is 2.21. The monoisotopic (exact) mass is 428 g/mol. The van der Waals surface area contributed by atoms with E-state index in [9.17, 15) is 0 Å². The van der Waals surface area contributed by atoms with Crippen molar-refractivity contribution < 1.29 is 9.47 Å². The van der Waals surface area contributed by atoms with Crippen LogP contribution in [-0.4, -0.2) is 27.7 Å². The second kappa shape index (κ2) is 9.92. The zero-order valence-electron chi connectivity index (χ0n) is 19.4. The van der Waals surface area contributed by atoms with Gasteiger partial charge in [0, 0.05) is 26.3 Å². The van der Waals surface area contributed by atoms with Gasteiger partial charge in [-0.1, -0.05) is 48.6 Å². The molecule has 3 aromatic carbocycles. The first kappa shape index (κ1) is 22.0. The van der Waals surface area contributed by atoms with E-state index >= 15 is 0 Å². The summed E-state index contributed by atoms with van der Waals surface area (Å²) in [6, 6.07) is 21.2. The SMILES string of the molecule is COc1cc2c(cc1OCc1ccccc1)CCNC2/C=C/c1ccc(N(C)C)cc1C. The largest absolute Gasteiger partial charge is 0.493 e. The van der Waals surface area contributed by atoms with Crippen LogP contribution >= 0.6 is 0 Å². The first-order valence-corrected chi connectivity index (χ1v) is 11.1. The molecule has 0 amide bonds. The van der Waals surface area contributed by atoms with Crippen molar-refractivity contribution in [3.8, 4) is 11.5 Å². The van der Waals surface area contributed by atoms with Crippen molar-refractivity contribution in [1.29, 1.82) is 0 Å². The lowest BCUT2D eigenvalue weighted by Crippen LogP contribution is -2.28. The first-order chi connectivity index (χ1) is 15.5. The summed E-state index contributed by atoms with van der Waals surface area (Å²) in [6.45, 7) is 3.62. The Kier molecular flexibility index (Phi) is 6.81. The van der Waals surface area contributed by atoms with Crippen LogP contribution in [0.25, 0.3) is 6.08 Å². The van der Waals surface area contributed by atoms with Crippen LogP contribution in [0.4, 0.5) is 5.69 Å². The molecule has 0 saturated carbocycles. The summed E-state index contributed by atoms with van der Waals surface area (Å²) in [6.07, 6.45) is 5.44. The molecule has 4 rings (SSSR count). The molecule has 0 fully saturated rings. The van der Waals surface area contributed by atoms with Gasteiger partial charge in [0.15, 0.2) is 11.5 Å². The summed E-state index contributed by atoms with van der Waals surface area (Å²) in [7, 11) is 5.84. The van der Waals surface area contributed by atoms with Gasteiger partial charge in [-0.3, -0.25) is 0 Å². The Hall–Kier alpha value is -3.24. The van der Waals surface area contributed by atoms with E-state index in [1.807, 2.05) is 18.2 Å². The molecule has 4 nitrogen and oxygen atoms in total. The zero-order chi connectivity index (χ0) is 22.5. The second-order valence-electron chi connectivity index (χ2n) is 8.45. The molecule has 0 aliphatic carbocycles. The van der Waals surface area contributed by atoms with Crippen molar-refractivity contribution >= 4 is 11.8 Å². The number of hydrogen-bond donors (Lipinski definition) is 1. The molecule has 1 aliphatic heterocycles. The minimum absolute atomic E-state index is 0.142. The van der Waals surface area contributed by atoms with Gasteiger partial charge in [0.2, 0.25) is 0 Å². The molecular formula is C28H32N2O2. The van der Waals surface area contributed by atoms with Crippen LogP contribution in [0.1, 0.15) is 33.9 Å². The average molecular weight is 429 g/mol. The van der Waals surface area contributed by atoms with E-state index in [1.165, 1.54) is 27.9 Å². The molecule has 32 heavy (non-hydrogen) atoms. The molecule has 3 aromatic rings. The number of anilines is 1. The predicted octanol–water partition coefficient (Wildman–Crippen LogP) is 5.55. The van der Waals surface area contributed by atoms with Crippen molar-refractivity contribution in [1.82, 2.24) is 5.32 Å². The van der Waals surface area contributed by atoms with Gasteiger partial charge in [-0.05, 0) is 65.4 Å². The predicted molar refractivity (Wildman–Crippen MR) is 133 cm³/mol. The maximum atomic E-state index is 6.12. The van der Waals surface area contributed by atoms with E-state index in [0.29, 0.717) is 6.61 Å². The molecule has 166 valence electrons. The van der Waals surface area contributed by atoms with Gasteiger partial charge in [-0.2, -0.15) is 0 Å². The van der Waals surface area contributed by atoms with Crippen molar-refractivity contribution in [3.63, 3.8) is 0 Å². The summed E-state index contributed by atoms with van der Waals surface area (Å²) >= 11 is 0. The van der Waals surface area contributed by atoms with Crippen molar-refractivity contribution in [2.24, 2.45) is 0 Å². The highest BCUT2D eigenvalue weighted by atomic mass is 16.5. The molecule has 0 saturated heterocycles. The smallest absolute Gasteiger partial charge is 0.161 e. The minimum atomic E-state index is 0.142. The minimum Gasteiger partial charge on any atom is -0.493 e. The lowest BCUT2D eigenvalue weighted by atomic mass is 9.92. The second-order valence-corrected chi connectivity index (χ2v) is 8.45. The van der Waals surface area contributed by atoms with E-state index in [1.54, 1.807) is 7.11 Å². The molecule has 0 radical (unpaired) electrons. The van der Waals surface area contributed by atoms with Crippen molar-refractivity contribution in [2.75, 3.05) is 32.6 Å². The Morgan fingerprint density at radius 3 is 2.56 bits per heavy atom. The van der Waals surface area contributed by atoms with E-state index < -0.39 is 0 Å². The molecule has 1 heterocycles. The Morgan fingerprint density at radius 1 is 1.03 bits per heavy atom. The molecular weight excluding hydrogens is 396 g/mol. The van der Waals surface area contributed by atoms with Gasteiger partial charge in [0.05, 0.1) is 13.2 Å². The fourth-order valence-corrected chi connectivity index (χ4v) is 4.10. The standard InChI is InChI=1S/C28H32N2O2/c1-20-16-24(30(2)3)12-10-22(20)11-13-26-25-18-27(31-4)28(17-23(25)14-15-29-26)32-19-21-8-6-5-7-9-21/h5-13,16-18,26,29H,14-15,19H2,1-4H3/b13-11+. The summed E-state index contributed by atoms with van der Waals surface area (Å²) < 4.78 is 11.8. The lowest BCUT2D eigenvalue weighted by molar-refractivity contribution is 0.283. The number of nitrogens with one attached hydrogen (secondary N) is 1. The first-order valence-electron chi connectivity index (χ1n) is 11.1. The number of hydrogen-bond acceptors (Lipinski definition) is 4. The van der Waals surface area contributed by atoms with Gasteiger partial charge in [-0.25, -0.2) is 0 Å². The molecule has 1 atom stereocenters. The lowest BCUT2D eigenvalue weighted by Gasteiger charge is -2.26. The van der Waals surface area contributed by atoms with E-state index in [-0.39, 0.29) is 6.04 Å². The zero-order valence-corrected chi connectivity index (χ0v) is 19.4. The van der Waals surface area contributed by atoms with Crippen LogP contribution in [0.3, 0.4) is 0 Å². The number of fused-ring (bicyclic) bond motifs is 1. The quantitative estimate of drug-likeness (QED) is 0.535. The number of methoxy groups -OCH3 is 1. The number of benzene rings is 3. The highest BCUT2D eigenvalue weighted by molar-refractivity contribution is 5.61. The van der Waals surface area contributed by atoms with Gasteiger partial charge in [-0.15, -0.1) is 0 Å². The summed E-state index contributed by atoms with van der Waals surface area (Å²) in [5.41, 5.74) is 7.42. The number of aryl methyl sites for hydroxylation is 1. The Balaban J connectivity index is 1.56. The summed E-state index contributed by atoms with van der Waals surface area (Å²) in [4.78, 5) is 2.13. The van der Waals surface area contributed by atoms with Crippen LogP contribution in [0.2, 0.25) is 0 Å². The van der Waals surface area contributed by atoms with Crippen LogP contribution in [0.15, 0.2) is 66.7 Å². The number of ether oxygens (including phenoxy) is 2. The fourth-order valence-electron chi connectivity index (χ4n) is 4.10. The Bertz CT molecular complexity index is 1090. The van der Waals surface area contributed by atoms with E-state index in [2.05, 4.69) is 85.9 Å². The van der Waals surface area contributed by atoms with Crippen LogP contribution in [0.5, 0.6) is 11.5 Å². The maximum absolute atomic E-state index is 6.12. The molecule has 1 N–H and O–H groups in total. The summed E-state index contributed by atoms with van der Waals surface area (Å²) in [5, 5.41) is 3.63. The number of rotatable bonds is 7. The Labute approximate surface area is 191 Å². The molecule has 1 unspecified atom stereocenters. The molecule has 1 aliphatic rings. The van der Waals surface area contributed by atoms with Gasteiger partial charge in [0.1, 0.15) is 6.61 Å². The van der Waals surface area contributed by atoms with Crippen LogP contribution < -0.4 is 19.7 Å². The van der Waals surface area contributed by atoms with Gasteiger partial charge >= 0.3 is 0 Å². The molecule has 0 aromatic heterocycles. The molecule has 0 bridgehead atoms. The maximum Gasteiger partial charge on any atom is 0.161 e. The average Bonchev–Trinajstić information content (AvgIpc) is 2.81. The van der Waals surface area contributed by atoms with Gasteiger partial charge < -0.3 is 19.7 Å². The highest BCUT2D eigenvalue weighted by Crippen LogP contribution is 2.36. The topological polar surface area (TPSA) is 33.7 Å². The molecule has 4 heteroatoms. The third kappa shape index (κ3) is 4.97. The van der Waals surface area contributed by atoms with Crippen molar-refractivity contribution in [3.05, 3.63) is 94.6 Å². The third-order valence-corrected chi connectivity index (χ3v) is 5.99. The van der Waals surface area contributed by atoms with Crippen LogP contribution in [-0.2, 0) is 13.0 Å². The van der Waals surface area contributed by atoms with E-state index in [4.69, 9.17) is 9.47 Å². The van der Waals surface area contributed by atoms with Crippen molar-refractivity contribution in [2.45, 2.75) is 26.0 Å². The molecule has 0 spiro atoms. The normalized spacial score (nSPS) is 15.4. The fraction of sp³-hybridized carbons (Fsp3) is 0.286. The van der Waals surface area contributed by atoms with Crippen LogP contribution in [0, 0.1) is 6.92 Å². The third-order valence-electron chi connectivity index (χ3n) is 5.99.